The summed E-state index contributed by atoms with van der Waals surface area (Å²) in [7, 11) is 1.63. The zero-order chi connectivity index (χ0) is 12.3. The Bertz CT molecular complexity index is 394. The van der Waals surface area contributed by atoms with Gasteiger partial charge in [0.05, 0.1) is 12.5 Å². The van der Waals surface area contributed by atoms with Crippen LogP contribution in [0.15, 0.2) is 24.3 Å². The zero-order valence-electron chi connectivity index (χ0n) is 10.0. The number of hydrogen-bond donors (Lipinski definition) is 2. The molecule has 92 valence electrons. The molecule has 17 heavy (non-hydrogen) atoms. The van der Waals surface area contributed by atoms with Crippen molar-refractivity contribution in [2.75, 3.05) is 7.11 Å². The van der Waals surface area contributed by atoms with Gasteiger partial charge in [-0.25, -0.2) is 5.84 Å². The smallest absolute Gasteiger partial charge is 0.244 e. The van der Waals surface area contributed by atoms with Gasteiger partial charge in [0.1, 0.15) is 5.75 Å². The molecule has 0 unspecified atom stereocenters. The van der Waals surface area contributed by atoms with Crippen molar-refractivity contribution in [3.8, 4) is 5.75 Å². The van der Waals surface area contributed by atoms with Gasteiger partial charge < -0.3 is 4.74 Å². The summed E-state index contributed by atoms with van der Waals surface area (Å²) in [6.45, 7) is 0. The van der Waals surface area contributed by atoms with Gasteiger partial charge in [-0.05, 0) is 30.5 Å². The first kappa shape index (κ1) is 11.9. The molecule has 1 amide bonds. The third-order valence-corrected chi connectivity index (χ3v) is 3.67. The standard InChI is InChI=1S/C13H18N2O2/c1-17-11-6-4-10(5-7-11)13(12(16)15-14)8-2-3-9-13/h4-7H,2-3,8-9,14H2,1H3,(H,15,16). The second-order valence-corrected chi connectivity index (χ2v) is 4.49. The van der Waals surface area contributed by atoms with Crippen LogP contribution in [-0.4, -0.2) is 13.0 Å². The molecule has 1 fully saturated rings. The molecule has 0 radical (unpaired) electrons. The predicted molar refractivity (Wildman–Crippen MR) is 65.5 cm³/mol. The zero-order valence-corrected chi connectivity index (χ0v) is 10.0. The van der Waals surface area contributed by atoms with Crippen molar-refractivity contribution < 1.29 is 9.53 Å². The molecule has 3 N–H and O–H groups in total. The number of nitrogens with two attached hydrogens (primary N) is 1. The summed E-state index contributed by atoms with van der Waals surface area (Å²) in [5.74, 6) is 6.02. The Morgan fingerprint density at radius 3 is 2.35 bits per heavy atom. The van der Waals surface area contributed by atoms with E-state index in [2.05, 4.69) is 5.43 Å². The van der Waals surface area contributed by atoms with Crippen LogP contribution >= 0.6 is 0 Å². The molecule has 1 aliphatic carbocycles. The van der Waals surface area contributed by atoms with E-state index in [0.717, 1.165) is 37.0 Å². The minimum absolute atomic E-state index is 0.0832. The summed E-state index contributed by atoms with van der Waals surface area (Å²) < 4.78 is 5.13. The minimum Gasteiger partial charge on any atom is -0.497 e. The van der Waals surface area contributed by atoms with E-state index in [-0.39, 0.29) is 5.91 Å². The molecular formula is C13H18N2O2. The summed E-state index contributed by atoms with van der Waals surface area (Å²) in [6.07, 6.45) is 3.86. The van der Waals surface area contributed by atoms with Crippen molar-refractivity contribution in [1.82, 2.24) is 5.43 Å². The number of amides is 1. The molecule has 0 spiro atoms. The highest BCUT2D eigenvalue weighted by molar-refractivity contribution is 5.88. The van der Waals surface area contributed by atoms with E-state index in [0.29, 0.717) is 0 Å². The lowest BCUT2D eigenvalue weighted by atomic mass is 9.78. The maximum absolute atomic E-state index is 12.0. The van der Waals surface area contributed by atoms with Crippen molar-refractivity contribution in [2.24, 2.45) is 5.84 Å². The second-order valence-electron chi connectivity index (χ2n) is 4.49. The molecule has 4 nitrogen and oxygen atoms in total. The predicted octanol–water partition coefficient (Wildman–Crippen LogP) is 1.50. The number of hydrogen-bond acceptors (Lipinski definition) is 3. The average molecular weight is 234 g/mol. The van der Waals surface area contributed by atoms with Gasteiger partial charge in [0, 0.05) is 0 Å². The maximum Gasteiger partial charge on any atom is 0.244 e. The van der Waals surface area contributed by atoms with Gasteiger partial charge in [-0.3, -0.25) is 10.2 Å². The van der Waals surface area contributed by atoms with E-state index in [1.54, 1.807) is 7.11 Å². The third kappa shape index (κ3) is 2.00. The van der Waals surface area contributed by atoms with E-state index in [9.17, 15) is 4.79 Å². The highest BCUT2D eigenvalue weighted by Gasteiger charge is 2.42. The van der Waals surface area contributed by atoms with Crippen molar-refractivity contribution in [2.45, 2.75) is 31.1 Å². The first-order valence-corrected chi connectivity index (χ1v) is 5.88. The number of benzene rings is 1. The van der Waals surface area contributed by atoms with Gasteiger partial charge >= 0.3 is 0 Å². The highest BCUT2D eigenvalue weighted by atomic mass is 16.5. The summed E-state index contributed by atoms with van der Waals surface area (Å²) in [4.78, 5) is 12.0. The summed E-state index contributed by atoms with van der Waals surface area (Å²) in [5, 5.41) is 0. The van der Waals surface area contributed by atoms with E-state index >= 15 is 0 Å². The van der Waals surface area contributed by atoms with E-state index in [1.165, 1.54) is 0 Å². The molecule has 1 saturated carbocycles. The van der Waals surface area contributed by atoms with Crippen LogP contribution in [0.4, 0.5) is 0 Å². The Morgan fingerprint density at radius 1 is 1.29 bits per heavy atom. The van der Waals surface area contributed by atoms with Crippen LogP contribution in [0.1, 0.15) is 31.2 Å². The number of rotatable bonds is 3. The monoisotopic (exact) mass is 234 g/mol. The molecule has 1 aromatic carbocycles. The first-order chi connectivity index (χ1) is 8.23. The quantitative estimate of drug-likeness (QED) is 0.473. The number of carbonyl (C=O) groups is 1. The van der Waals surface area contributed by atoms with Crippen LogP contribution in [-0.2, 0) is 10.2 Å². The summed E-state index contributed by atoms with van der Waals surface area (Å²) in [5.41, 5.74) is 2.89. The molecule has 4 heteroatoms. The van der Waals surface area contributed by atoms with Gasteiger partial charge in [-0.2, -0.15) is 0 Å². The second kappa shape index (κ2) is 4.75. The highest BCUT2D eigenvalue weighted by Crippen LogP contribution is 2.41. The summed E-state index contributed by atoms with van der Waals surface area (Å²) >= 11 is 0. The lowest BCUT2D eigenvalue weighted by Gasteiger charge is -2.27. The van der Waals surface area contributed by atoms with Gasteiger partial charge in [-0.1, -0.05) is 25.0 Å². The fraction of sp³-hybridized carbons (Fsp3) is 0.462. The van der Waals surface area contributed by atoms with Gasteiger partial charge in [0.2, 0.25) is 5.91 Å². The molecule has 0 saturated heterocycles. The van der Waals surface area contributed by atoms with Crippen molar-refractivity contribution in [3.63, 3.8) is 0 Å². The third-order valence-electron chi connectivity index (χ3n) is 3.67. The van der Waals surface area contributed by atoms with Crippen LogP contribution < -0.4 is 16.0 Å². The van der Waals surface area contributed by atoms with Crippen molar-refractivity contribution in [1.29, 1.82) is 0 Å². The Labute approximate surface area is 101 Å². The lowest BCUT2D eigenvalue weighted by molar-refractivity contribution is -0.126. The van der Waals surface area contributed by atoms with E-state index < -0.39 is 5.41 Å². The Hall–Kier alpha value is -1.55. The SMILES string of the molecule is COc1ccc(C2(C(=O)NN)CCCC2)cc1. The number of nitrogens with one attached hydrogen (secondary N) is 1. The fourth-order valence-electron chi connectivity index (χ4n) is 2.67. The van der Waals surface area contributed by atoms with Crippen molar-refractivity contribution in [3.05, 3.63) is 29.8 Å². The molecule has 0 aliphatic heterocycles. The Kier molecular flexibility index (Phi) is 3.33. The van der Waals surface area contributed by atoms with Crippen molar-refractivity contribution >= 4 is 5.91 Å². The molecule has 0 heterocycles. The molecule has 2 rings (SSSR count). The van der Waals surface area contributed by atoms with Crippen LogP contribution in [0, 0.1) is 0 Å². The Balaban J connectivity index is 2.35. The number of carbonyl (C=O) groups excluding carboxylic acids is 1. The minimum atomic E-state index is -0.443. The fourth-order valence-corrected chi connectivity index (χ4v) is 2.67. The summed E-state index contributed by atoms with van der Waals surface area (Å²) in [6, 6.07) is 7.69. The number of methoxy groups -OCH3 is 1. The van der Waals surface area contributed by atoms with Crippen LogP contribution in [0.3, 0.4) is 0 Å². The van der Waals surface area contributed by atoms with Crippen LogP contribution in [0.5, 0.6) is 5.75 Å². The van der Waals surface area contributed by atoms with Gasteiger partial charge in [0.25, 0.3) is 0 Å². The molecule has 1 aromatic rings. The number of ether oxygens (including phenoxy) is 1. The van der Waals surface area contributed by atoms with Gasteiger partial charge in [-0.15, -0.1) is 0 Å². The molecule has 0 atom stereocenters. The average Bonchev–Trinajstić information content (AvgIpc) is 2.88. The Morgan fingerprint density at radius 2 is 1.88 bits per heavy atom. The van der Waals surface area contributed by atoms with Gasteiger partial charge in [0.15, 0.2) is 0 Å². The van der Waals surface area contributed by atoms with E-state index in [1.807, 2.05) is 24.3 Å². The first-order valence-electron chi connectivity index (χ1n) is 5.88. The molecule has 0 aromatic heterocycles. The molecular weight excluding hydrogens is 216 g/mol. The topological polar surface area (TPSA) is 64.3 Å². The van der Waals surface area contributed by atoms with Crippen LogP contribution in [0.2, 0.25) is 0 Å². The van der Waals surface area contributed by atoms with Crippen LogP contribution in [0.25, 0.3) is 0 Å². The lowest BCUT2D eigenvalue weighted by Crippen LogP contribution is -2.45. The molecule has 1 aliphatic rings. The molecule has 0 bridgehead atoms. The number of hydrazine groups is 1. The largest absolute Gasteiger partial charge is 0.497 e. The maximum atomic E-state index is 12.0. The van der Waals surface area contributed by atoms with E-state index in [4.69, 9.17) is 10.6 Å². The normalized spacial score (nSPS) is 17.8.